The molecule has 0 aromatic rings. The van der Waals surface area contributed by atoms with Gasteiger partial charge in [0.15, 0.2) is 0 Å². The predicted octanol–water partition coefficient (Wildman–Crippen LogP) is 3.72. The van der Waals surface area contributed by atoms with Gasteiger partial charge in [0, 0.05) is 25.1 Å². The van der Waals surface area contributed by atoms with Gasteiger partial charge in [-0.3, -0.25) is 0 Å². The molecule has 0 aromatic carbocycles. The third-order valence-corrected chi connectivity index (χ3v) is 6.34. The van der Waals surface area contributed by atoms with Crippen LogP contribution in [0.25, 0.3) is 4.85 Å². The van der Waals surface area contributed by atoms with Gasteiger partial charge < -0.3 is 23.4 Å². The van der Waals surface area contributed by atoms with Gasteiger partial charge in [-0.1, -0.05) is 6.92 Å². The predicted molar refractivity (Wildman–Crippen MR) is 96.7 cm³/mol. The molecule has 1 aliphatic rings. The lowest BCUT2D eigenvalue weighted by Gasteiger charge is -2.37. The van der Waals surface area contributed by atoms with Gasteiger partial charge in [0.2, 0.25) is 6.54 Å². The first-order valence-electron chi connectivity index (χ1n) is 8.69. The highest BCUT2D eigenvalue weighted by atomic mass is 31.2. The molecule has 1 fully saturated rings. The molecule has 24 heavy (non-hydrogen) atoms. The fourth-order valence-electron chi connectivity index (χ4n) is 2.94. The van der Waals surface area contributed by atoms with Crippen molar-refractivity contribution < 1.29 is 18.5 Å². The fraction of sp³-hybridized carbons (Fsp3) is 0.941. The van der Waals surface area contributed by atoms with Gasteiger partial charge in [0.25, 0.3) is 8.53 Å². The summed E-state index contributed by atoms with van der Waals surface area (Å²) in [6.45, 7) is 21.0. The van der Waals surface area contributed by atoms with Gasteiger partial charge in [-0.05, 0) is 34.6 Å². The van der Waals surface area contributed by atoms with Crippen LogP contribution in [-0.2, 0) is 18.5 Å². The van der Waals surface area contributed by atoms with Gasteiger partial charge in [0.05, 0.1) is 18.8 Å². The lowest BCUT2D eigenvalue weighted by molar-refractivity contribution is -0.0261. The first-order valence-corrected chi connectivity index (χ1v) is 9.82. The van der Waals surface area contributed by atoms with Crippen molar-refractivity contribution in [3.8, 4) is 0 Å². The minimum Gasteiger partial charge on any atom is -0.382 e. The summed E-state index contributed by atoms with van der Waals surface area (Å²) >= 11 is 0. The van der Waals surface area contributed by atoms with E-state index < -0.39 is 8.53 Å². The molecule has 6 nitrogen and oxygen atoms in total. The first kappa shape index (κ1) is 21.8. The molecule has 0 bridgehead atoms. The second kappa shape index (κ2) is 10.7. The molecule has 2 unspecified atom stereocenters. The summed E-state index contributed by atoms with van der Waals surface area (Å²) in [5.74, 6) is 0.265. The fourth-order valence-corrected chi connectivity index (χ4v) is 4.77. The van der Waals surface area contributed by atoms with Crippen LogP contribution in [-0.4, -0.2) is 61.9 Å². The number of nitrogens with zero attached hydrogens (tertiary/aromatic N) is 2. The van der Waals surface area contributed by atoms with Crippen LogP contribution < -0.4 is 0 Å². The van der Waals surface area contributed by atoms with E-state index in [4.69, 9.17) is 25.1 Å². The van der Waals surface area contributed by atoms with Crippen LogP contribution in [0.15, 0.2) is 0 Å². The average molecular weight is 360 g/mol. The topological polar surface area (TPSA) is 44.5 Å². The smallest absolute Gasteiger partial charge is 0.259 e. The molecule has 1 heterocycles. The Kier molecular flexibility index (Phi) is 9.66. The van der Waals surface area contributed by atoms with Crippen LogP contribution in [0, 0.1) is 12.5 Å². The molecule has 1 aliphatic heterocycles. The van der Waals surface area contributed by atoms with E-state index in [0.717, 1.165) is 0 Å². The Morgan fingerprint density at radius 3 is 2.33 bits per heavy atom. The van der Waals surface area contributed by atoms with Crippen LogP contribution in [0.5, 0.6) is 0 Å². The maximum absolute atomic E-state index is 6.95. The Balaban J connectivity index is 2.90. The highest BCUT2D eigenvalue weighted by molar-refractivity contribution is 7.44. The van der Waals surface area contributed by atoms with Crippen LogP contribution >= 0.6 is 8.53 Å². The molecule has 0 spiro atoms. The van der Waals surface area contributed by atoms with Crippen LogP contribution in [0.2, 0.25) is 0 Å². The summed E-state index contributed by atoms with van der Waals surface area (Å²) in [7, 11) is 0.424. The van der Waals surface area contributed by atoms with Crippen molar-refractivity contribution in [3.63, 3.8) is 0 Å². The molecule has 0 saturated carbocycles. The largest absolute Gasteiger partial charge is 0.382 e. The maximum Gasteiger partial charge on any atom is 0.259 e. The molecule has 1 saturated heterocycles. The molecular weight excluding hydrogens is 327 g/mol. The molecule has 0 aliphatic carbocycles. The van der Waals surface area contributed by atoms with E-state index in [-0.39, 0.29) is 24.2 Å². The summed E-state index contributed by atoms with van der Waals surface area (Å²) in [6, 6.07) is 0.583. The van der Waals surface area contributed by atoms with Crippen LogP contribution in [0.3, 0.4) is 0 Å². The second-order valence-corrected chi connectivity index (χ2v) is 8.19. The Bertz CT molecular complexity index is 395. The van der Waals surface area contributed by atoms with Crippen molar-refractivity contribution >= 4 is 8.53 Å². The maximum atomic E-state index is 6.95. The van der Waals surface area contributed by atoms with Gasteiger partial charge in [-0.25, -0.2) is 11.2 Å². The van der Waals surface area contributed by atoms with Crippen LogP contribution in [0.4, 0.5) is 0 Å². The SMILES string of the molecule is [C-]#[N+]CCOP(OC1[C@@H](COC)O[C@@H](C)[C@H]1C)N(C(C)C)C(C)C. The zero-order valence-corrected chi connectivity index (χ0v) is 17.0. The summed E-state index contributed by atoms with van der Waals surface area (Å²) < 4.78 is 26.0. The highest BCUT2D eigenvalue weighted by Crippen LogP contribution is 2.49. The van der Waals surface area contributed by atoms with Crippen molar-refractivity contribution in [2.75, 3.05) is 26.9 Å². The van der Waals surface area contributed by atoms with E-state index in [1.54, 1.807) is 7.11 Å². The standard InChI is InChI=1S/C17H33N2O4P/c1-12(2)19(13(3)4)24(21-10-9-18-7)23-17-14(5)15(6)22-16(17)11-20-8/h12-17H,9-11H2,1-6,8H3/t14-,15+,16-,17?,24?/m1/s1. The zero-order chi connectivity index (χ0) is 18.3. The summed E-state index contributed by atoms with van der Waals surface area (Å²) in [5.41, 5.74) is 0. The Morgan fingerprint density at radius 1 is 1.21 bits per heavy atom. The van der Waals surface area contributed by atoms with Crippen molar-refractivity contribution in [2.24, 2.45) is 5.92 Å². The first-order chi connectivity index (χ1) is 11.3. The number of hydrogen-bond acceptors (Lipinski definition) is 5. The number of hydrogen-bond donors (Lipinski definition) is 0. The average Bonchev–Trinajstić information content (AvgIpc) is 2.74. The minimum atomic E-state index is -1.25. The Labute approximate surface area is 148 Å². The zero-order valence-electron chi connectivity index (χ0n) is 16.1. The van der Waals surface area contributed by atoms with E-state index in [1.807, 2.05) is 0 Å². The summed E-state index contributed by atoms with van der Waals surface area (Å²) in [6.07, 6.45) is -0.0311. The third-order valence-electron chi connectivity index (χ3n) is 4.21. The molecule has 5 atom stereocenters. The molecule has 0 radical (unpaired) electrons. The van der Waals surface area contributed by atoms with Crippen molar-refractivity contribution in [1.29, 1.82) is 0 Å². The highest BCUT2D eigenvalue weighted by Gasteiger charge is 2.43. The molecule has 0 aromatic heterocycles. The van der Waals surface area contributed by atoms with Gasteiger partial charge in [-0.2, -0.15) is 0 Å². The van der Waals surface area contributed by atoms with Crippen LogP contribution in [0.1, 0.15) is 41.5 Å². The van der Waals surface area contributed by atoms with E-state index in [1.165, 1.54) is 0 Å². The monoisotopic (exact) mass is 360 g/mol. The quantitative estimate of drug-likeness (QED) is 0.337. The number of rotatable bonds is 10. The third kappa shape index (κ3) is 5.91. The Morgan fingerprint density at radius 2 is 1.83 bits per heavy atom. The minimum absolute atomic E-state index is 0.0704. The number of ether oxygens (including phenoxy) is 2. The van der Waals surface area contributed by atoms with E-state index in [2.05, 4.69) is 51.1 Å². The lowest BCUT2D eigenvalue weighted by Crippen LogP contribution is -2.38. The molecule has 0 N–H and O–H groups in total. The second-order valence-electron chi connectivity index (χ2n) is 6.78. The van der Waals surface area contributed by atoms with E-state index in [9.17, 15) is 0 Å². The molecule has 0 amide bonds. The summed E-state index contributed by atoms with van der Waals surface area (Å²) in [5, 5.41) is 0. The van der Waals surface area contributed by atoms with Crippen molar-refractivity contribution in [2.45, 2.75) is 71.9 Å². The van der Waals surface area contributed by atoms with Crippen molar-refractivity contribution in [1.82, 2.24) is 4.67 Å². The van der Waals surface area contributed by atoms with Gasteiger partial charge >= 0.3 is 0 Å². The van der Waals surface area contributed by atoms with E-state index >= 15 is 0 Å². The molecule has 1 rings (SSSR count). The normalized spacial score (nSPS) is 28.7. The van der Waals surface area contributed by atoms with Gasteiger partial charge in [0.1, 0.15) is 12.7 Å². The summed E-state index contributed by atoms with van der Waals surface area (Å²) in [4.78, 5) is 3.38. The van der Waals surface area contributed by atoms with E-state index in [0.29, 0.717) is 31.8 Å². The van der Waals surface area contributed by atoms with Crippen molar-refractivity contribution in [3.05, 3.63) is 11.4 Å². The Hall–Kier alpha value is -0.280. The lowest BCUT2D eigenvalue weighted by atomic mass is 10.00. The molecule has 7 heteroatoms. The molecule has 140 valence electrons. The number of methoxy groups -OCH3 is 1. The van der Waals surface area contributed by atoms with Gasteiger partial charge in [-0.15, -0.1) is 0 Å². The molecular formula is C17H33N2O4P.